The van der Waals surface area contributed by atoms with Gasteiger partial charge in [0.15, 0.2) is 0 Å². The number of nitrogens with zero attached hydrogens (tertiary/aromatic N) is 4. The van der Waals surface area contributed by atoms with Gasteiger partial charge in [0.05, 0.1) is 75.5 Å². The predicted octanol–water partition coefficient (Wildman–Crippen LogP) is 4.02. The summed E-state index contributed by atoms with van der Waals surface area (Å²) in [5.41, 5.74) is 7.27. The van der Waals surface area contributed by atoms with Gasteiger partial charge in [0, 0.05) is 13.1 Å². The number of unbranched alkanes of at least 4 members (excludes halogenated alkanes) is 2. The van der Waals surface area contributed by atoms with Gasteiger partial charge in [-0.05, 0) is 71.9 Å². The average Bonchev–Trinajstić information content (AvgIpc) is 3.05. The third-order valence-corrected chi connectivity index (χ3v) is 10.8. The number of rotatable bonds is 22. The van der Waals surface area contributed by atoms with Crippen LogP contribution in [0.3, 0.4) is 0 Å². The number of anilines is 4. The minimum atomic E-state index is -0.0254. The van der Waals surface area contributed by atoms with E-state index in [9.17, 15) is 30.6 Å². The fourth-order valence-electron chi connectivity index (χ4n) is 7.66. The van der Waals surface area contributed by atoms with Crippen molar-refractivity contribution >= 4 is 22.7 Å². The summed E-state index contributed by atoms with van der Waals surface area (Å²) in [6.45, 7) is 20.0. The summed E-state index contributed by atoms with van der Waals surface area (Å²) in [4.78, 5) is 4.96. The molecule has 0 saturated heterocycles. The van der Waals surface area contributed by atoms with E-state index in [1.165, 1.54) is 33.9 Å². The fraction of sp³-hybridized carbons (Fsp3) is 0.700. The monoisotopic (exact) mass is 703 g/mol. The quantitative estimate of drug-likeness (QED) is 0.0803. The van der Waals surface area contributed by atoms with E-state index in [0.717, 1.165) is 51.9 Å². The number of aliphatic hydroxyl groups is 6. The smallest absolute Gasteiger partial charge is 0.102 e. The number of hydrogen-bond donors (Lipinski definition) is 6. The summed E-state index contributed by atoms with van der Waals surface area (Å²) in [5.74, 6) is 0. The van der Waals surface area contributed by atoms with Crippen LogP contribution in [0.2, 0.25) is 0 Å². The average molecular weight is 703 g/mol. The molecule has 6 N–H and O–H groups in total. The maximum Gasteiger partial charge on any atom is 0.102 e. The Morgan fingerprint density at radius 2 is 0.720 bits per heavy atom. The van der Waals surface area contributed by atoms with E-state index in [1.54, 1.807) is 0 Å². The van der Waals surface area contributed by atoms with Crippen LogP contribution < -0.4 is 9.80 Å². The molecule has 0 amide bonds. The van der Waals surface area contributed by atoms with E-state index in [4.69, 9.17) is 0 Å². The molecule has 2 aromatic carbocycles. The molecule has 1 aliphatic heterocycles. The Morgan fingerprint density at radius 1 is 0.420 bits per heavy atom. The first-order chi connectivity index (χ1) is 23.7. The lowest BCUT2D eigenvalue weighted by Crippen LogP contribution is -2.54. The summed E-state index contributed by atoms with van der Waals surface area (Å²) >= 11 is 0. The third-order valence-electron chi connectivity index (χ3n) is 10.8. The normalized spacial score (nSPS) is 13.9. The van der Waals surface area contributed by atoms with Crippen molar-refractivity contribution in [2.24, 2.45) is 0 Å². The molecule has 0 saturated carbocycles. The first kappa shape index (κ1) is 42.1. The summed E-state index contributed by atoms with van der Waals surface area (Å²) in [5, 5.41) is 58.8. The van der Waals surface area contributed by atoms with Crippen molar-refractivity contribution in [3.63, 3.8) is 0 Å². The number of quaternary nitrogens is 2. The fourth-order valence-corrected chi connectivity index (χ4v) is 7.66. The molecule has 10 nitrogen and oxygen atoms in total. The van der Waals surface area contributed by atoms with Gasteiger partial charge in [-0.15, -0.1) is 0 Å². The number of benzene rings is 2. The standard InChI is InChI=1S/C40H70N4O6/c1-39(2,3)33-11-13-35-37(31-33)42(16-8-10-18-44(22-28-48,23-29-49)24-30-50)38-32-34(40(4,5)6)12-14-36(38)41(35)15-7-9-17-43(19-25-45,20-26-46)21-27-47/h11-14,31-32,45-50H,7-10,15-30H2,1-6H3/q+2. The van der Waals surface area contributed by atoms with Gasteiger partial charge >= 0.3 is 0 Å². The van der Waals surface area contributed by atoms with Crippen molar-refractivity contribution in [2.75, 3.05) is 115 Å². The van der Waals surface area contributed by atoms with Crippen molar-refractivity contribution in [1.29, 1.82) is 0 Å². The molecule has 0 spiro atoms. The first-order valence-corrected chi connectivity index (χ1v) is 18.9. The van der Waals surface area contributed by atoms with Gasteiger partial charge in [-0.25, -0.2) is 0 Å². The van der Waals surface area contributed by atoms with Crippen LogP contribution in [0.5, 0.6) is 0 Å². The van der Waals surface area contributed by atoms with E-state index >= 15 is 0 Å². The Labute approximate surface area is 302 Å². The Balaban J connectivity index is 2.00. The minimum absolute atomic E-state index is 0.0254. The lowest BCUT2D eigenvalue weighted by Gasteiger charge is -2.42. The molecule has 2 aromatic rings. The Hall–Kier alpha value is -2.28. The van der Waals surface area contributed by atoms with Crippen LogP contribution in [-0.4, -0.2) is 145 Å². The highest BCUT2D eigenvalue weighted by molar-refractivity contribution is 5.94. The summed E-state index contributed by atoms with van der Waals surface area (Å²) in [6.07, 6.45) is 3.64. The zero-order valence-corrected chi connectivity index (χ0v) is 32.1. The Kier molecular flexibility index (Phi) is 16.0. The van der Waals surface area contributed by atoms with E-state index in [0.29, 0.717) is 48.2 Å². The van der Waals surface area contributed by atoms with Crippen molar-refractivity contribution in [3.05, 3.63) is 47.5 Å². The van der Waals surface area contributed by atoms with E-state index in [-0.39, 0.29) is 50.5 Å². The number of aliphatic hydroxyl groups excluding tert-OH is 6. The molecule has 284 valence electrons. The predicted molar refractivity (Wildman–Crippen MR) is 205 cm³/mol. The van der Waals surface area contributed by atoms with Crippen LogP contribution in [0.1, 0.15) is 78.4 Å². The van der Waals surface area contributed by atoms with Crippen molar-refractivity contribution in [2.45, 2.75) is 78.1 Å². The SMILES string of the molecule is CC(C)(C)c1ccc2c(c1)N(CCCC[N+](CCO)(CCO)CCO)c1cc(C(C)(C)C)ccc1N2CCCC[N+](CCO)(CCO)CCO. The van der Waals surface area contributed by atoms with Crippen LogP contribution >= 0.6 is 0 Å². The zero-order chi connectivity index (χ0) is 37.0. The van der Waals surface area contributed by atoms with Crippen LogP contribution in [-0.2, 0) is 10.8 Å². The van der Waals surface area contributed by atoms with E-state index in [1.807, 2.05) is 0 Å². The molecular formula is C40H70N4O6+2. The summed E-state index contributed by atoms with van der Waals surface area (Å²) < 4.78 is 1.03. The Bertz CT molecular complexity index is 1210. The number of fused-ring (bicyclic) bond motifs is 2. The van der Waals surface area contributed by atoms with Crippen molar-refractivity contribution in [1.82, 2.24) is 0 Å². The largest absolute Gasteiger partial charge is 0.391 e. The molecule has 50 heavy (non-hydrogen) atoms. The molecule has 3 rings (SSSR count). The molecule has 1 aliphatic rings. The minimum Gasteiger partial charge on any atom is -0.391 e. The molecule has 0 fully saturated rings. The summed E-state index contributed by atoms with van der Waals surface area (Å²) in [7, 11) is 0. The zero-order valence-electron chi connectivity index (χ0n) is 32.1. The van der Waals surface area contributed by atoms with E-state index in [2.05, 4.69) is 87.7 Å². The van der Waals surface area contributed by atoms with Gasteiger partial charge in [-0.3, -0.25) is 0 Å². The lowest BCUT2D eigenvalue weighted by molar-refractivity contribution is -0.929. The topological polar surface area (TPSA) is 128 Å². The molecule has 0 atom stereocenters. The van der Waals surface area contributed by atoms with Crippen LogP contribution in [0.25, 0.3) is 0 Å². The molecule has 1 heterocycles. The van der Waals surface area contributed by atoms with Crippen LogP contribution in [0.4, 0.5) is 22.7 Å². The van der Waals surface area contributed by atoms with Gasteiger partial charge in [-0.1, -0.05) is 53.7 Å². The maximum absolute atomic E-state index is 9.81. The van der Waals surface area contributed by atoms with Gasteiger partial charge in [0.25, 0.3) is 0 Å². The van der Waals surface area contributed by atoms with Crippen molar-refractivity contribution in [3.8, 4) is 0 Å². The first-order valence-electron chi connectivity index (χ1n) is 18.9. The molecule has 0 bridgehead atoms. The molecular weight excluding hydrogens is 632 g/mol. The highest BCUT2D eigenvalue weighted by Crippen LogP contribution is 2.50. The molecule has 0 unspecified atom stereocenters. The highest BCUT2D eigenvalue weighted by atomic mass is 16.3. The Morgan fingerprint density at radius 3 is 1.00 bits per heavy atom. The van der Waals surface area contributed by atoms with Gasteiger partial charge in [-0.2, -0.15) is 0 Å². The lowest BCUT2D eigenvalue weighted by atomic mass is 9.85. The van der Waals surface area contributed by atoms with Gasteiger partial charge in [0.2, 0.25) is 0 Å². The molecule has 0 aromatic heterocycles. The second kappa shape index (κ2) is 19.0. The molecule has 0 aliphatic carbocycles. The maximum atomic E-state index is 9.81. The van der Waals surface area contributed by atoms with Crippen molar-refractivity contribution < 1.29 is 39.6 Å². The summed E-state index contributed by atoms with van der Waals surface area (Å²) in [6, 6.07) is 13.8. The highest BCUT2D eigenvalue weighted by Gasteiger charge is 2.32. The second-order valence-electron chi connectivity index (χ2n) is 16.4. The van der Waals surface area contributed by atoms with Crippen LogP contribution in [0, 0.1) is 0 Å². The van der Waals surface area contributed by atoms with Gasteiger partial charge in [0.1, 0.15) is 39.3 Å². The third kappa shape index (κ3) is 10.9. The molecule has 10 heteroatoms. The number of hydrogen-bond acceptors (Lipinski definition) is 8. The second-order valence-corrected chi connectivity index (χ2v) is 16.4. The van der Waals surface area contributed by atoms with Crippen LogP contribution in [0.15, 0.2) is 36.4 Å². The van der Waals surface area contributed by atoms with E-state index < -0.39 is 0 Å². The molecule has 0 radical (unpaired) electrons. The van der Waals surface area contributed by atoms with Gasteiger partial charge < -0.3 is 49.4 Å².